The van der Waals surface area contributed by atoms with Gasteiger partial charge in [-0.25, -0.2) is 0 Å². The van der Waals surface area contributed by atoms with Gasteiger partial charge in [-0.2, -0.15) is 0 Å². The molecule has 0 amide bonds. The Hall–Kier alpha value is -4.40. The fourth-order valence-corrected chi connectivity index (χ4v) is 7.07. The number of nitrogens with one attached hydrogen (secondary N) is 1. The number of ether oxygens (including phenoxy) is 6. The van der Waals surface area contributed by atoms with Crippen LogP contribution in [0.25, 0.3) is 0 Å². The molecule has 8 nitrogen and oxygen atoms in total. The SMILES string of the molecule is COc1ccc2cc1Oc1ccc(cc1)CC1c3c(cc4c(c3Oc3cc5c(cc3OC)CCNC5C2)OCO4)CCN1C. The van der Waals surface area contributed by atoms with Gasteiger partial charge in [-0.1, -0.05) is 18.2 Å². The molecular weight excluding hydrogens is 556 g/mol. The minimum absolute atomic E-state index is 0.0729. The zero-order valence-corrected chi connectivity index (χ0v) is 25.3. The number of hydrogen-bond donors (Lipinski definition) is 1. The van der Waals surface area contributed by atoms with Crippen LogP contribution in [-0.2, 0) is 25.7 Å². The smallest absolute Gasteiger partial charge is 0.231 e. The highest BCUT2D eigenvalue weighted by Crippen LogP contribution is 2.53. The van der Waals surface area contributed by atoms with E-state index < -0.39 is 0 Å². The second kappa shape index (κ2) is 10.9. The summed E-state index contributed by atoms with van der Waals surface area (Å²) in [6.07, 6.45) is 3.38. The van der Waals surface area contributed by atoms with E-state index in [0.717, 1.165) is 61.4 Å². The van der Waals surface area contributed by atoms with Gasteiger partial charge in [-0.15, -0.1) is 0 Å². The van der Waals surface area contributed by atoms with E-state index >= 15 is 0 Å². The second-order valence-electron chi connectivity index (χ2n) is 12.0. The van der Waals surface area contributed by atoms with Crippen LogP contribution in [0.4, 0.5) is 0 Å². The molecule has 0 saturated carbocycles. The van der Waals surface area contributed by atoms with Crippen LogP contribution in [0.15, 0.2) is 60.7 Å². The van der Waals surface area contributed by atoms with E-state index in [2.05, 4.69) is 59.7 Å². The summed E-state index contributed by atoms with van der Waals surface area (Å²) >= 11 is 0. The van der Waals surface area contributed by atoms with Crippen LogP contribution in [0, 0.1) is 0 Å². The maximum Gasteiger partial charge on any atom is 0.231 e. The van der Waals surface area contributed by atoms with Crippen molar-refractivity contribution in [3.05, 3.63) is 94.0 Å². The van der Waals surface area contributed by atoms with Crippen LogP contribution in [0.5, 0.6) is 46.0 Å². The molecule has 5 aliphatic rings. The molecule has 0 saturated heterocycles. The van der Waals surface area contributed by atoms with Crippen molar-refractivity contribution in [3.63, 3.8) is 0 Å². The standard InChI is InChI=1S/C36H36N2O6/c1-38-13-11-24-18-33-35(42-20-41-33)36-34(24)28(38)15-21-4-7-25(8-5-21)43-31-16-22(6-9-29(31)39-2)14-27-26-19-32(44-36)30(40-3)17-23(26)10-12-37-27/h4-9,16-19,27-28,37H,10-15,20H2,1-3H3. The van der Waals surface area contributed by atoms with Gasteiger partial charge in [0.15, 0.2) is 34.5 Å². The van der Waals surface area contributed by atoms with Gasteiger partial charge in [0.05, 0.1) is 14.2 Å². The van der Waals surface area contributed by atoms with Gasteiger partial charge in [0.25, 0.3) is 0 Å². The molecule has 226 valence electrons. The summed E-state index contributed by atoms with van der Waals surface area (Å²) < 4.78 is 37.0. The third-order valence-electron chi connectivity index (χ3n) is 9.39. The number of benzene rings is 4. The Kier molecular flexibility index (Phi) is 6.76. The minimum atomic E-state index is 0.0729. The monoisotopic (exact) mass is 592 g/mol. The summed E-state index contributed by atoms with van der Waals surface area (Å²) in [5.41, 5.74) is 7.17. The molecule has 2 unspecified atom stereocenters. The molecule has 1 N–H and O–H groups in total. The van der Waals surface area contributed by atoms with Crippen LogP contribution < -0.4 is 33.7 Å². The van der Waals surface area contributed by atoms with Crippen LogP contribution in [-0.4, -0.2) is 46.0 Å². The Morgan fingerprint density at radius 3 is 2.41 bits per heavy atom. The number of hydrogen-bond acceptors (Lipinski definition) is 8. The summed E-state index contributed by atoms with van der Waals surface area (Å²) in [7, 11) is 5.56. The highest BCUT2D eigenvalue weighted by atomic mass is 16.7. The number of likely N-dealkylation sites (N-methyl/N-ethyl adjacent to an activating group) is 1. The predicted octanol–water partition coefficient (Wildman–Crippen LogP) is 6.53. The summed E-state index contributed by atoms with van der Waals surface area (Å²) in [5.74, 6) is 5.66. The zero-order valence-electron chi connectivity index (χ0n) is 25.3. The summed E-state index contributed by atoms with van der Waals surface area (Å²) in [6.45, 7) is 1.99. The molecule has 0 radical (unpaired) electrons. The highest BCUT2D eigenvalue weighted by molar-refractivity contribution is 5.64. The quantitative estimate of drug-likeness (QED) is 0.282. The molecule has 0 aromatic heterocycles. The van der Waals surface area contributed by atoms with E-state index in [-0.39, 0.29) is 18.9 Å². The van der Waals surface area contributed by atoms with E-state index in [1.807, 2.05) is 18.2 Å². The molecule has 0 spiro atoms. The first kappa shape index (κ1) is 27.2. The van der Waals surface area contributed by atoms with E-state index in [9.17, 15) is 0 Å². The molecule has 4 aromatic carbocycles. The minimum Gasteiger partial charge on any atom is -0.493 e. The van der Waals surface area contributed by atoms with Gasteiger partial charge in [0.1, 0.15) is 5.75 Å². The largest absolute Gasteiger partial charge is 0.493 e. The maximum absolute atomic E-state index is 6.96. The van der Waals surface area contributed by atoms with Gasteiger partial charge in [-0.05, 0) is 110 Å². The van der Waals surface area contributed by atoms with Gasteiger partial charge in [0.2, 0.25) is 12.5 Å². The summed E-state index contributed by atoms with van der Waals surface area (Å²) in [5, 5.41) is 3.74. The molecule has 2 atom stereocenters. The fraction of sp³-hybridized carbons (Fsp3) is 0.333. The molecule has 5 heterocycles. The predicted molar refractivity (Wildman–Crippen MR) is 166 cm³/mol. The topological polar surface area (TPSA) is 70.7 Å². The fourth-order valence-electron chi connectivity index (χ4n) is 7.07. The van der Waals surface area contributed by atoms with Gasteiger partial charge < -0.3 is 33.7 Å². The molecule has 4 aromatic rings. The zero-order chi connectivity index (χ0) is 29.8. The third kappa shape index (κ3) is 4.69. The number of methoxy groups -OCH3 is 2. The molecule has 0 fully saturated rings. The summed E-state index contributed by atoms with van der Waals surface area (Å²) in [6, 6.07) is 21.1. The third-order valence-corrected chi connectivity index (χ3v) is 9.39. The molecular formula is C36H36N2O6. The Bertz CT molecular complexity index is 1740. The highest BCUT2D eigenvalue weighted by Gasteiger charge is 2.35. The van der Waals surface area contributed by atoms with Crippen molar-refractivity contribution < 1.29 is 28.4 Å². The van der Waals surface area contributed by atoms with E-state index in [1.165, 1.54) is 22.3 Å². The molecule has 0 aliphatic carbocycles. The number of fused-ring (bicyclic) bond motifs is 3. The Morgan fingerprint density at radius 2 is 1.57 bits per heavy atom. The van der Waals surface area contributed by atoms with E-state index in [4.69, 9.17) is 28.4 Å². The lowest BCUT2D eigenvalue weighted by molar-refractivity contribution is 0.171. The lowest BCUT2D eigenvalue weighted by Gasteiger charge is -2.36. The molecule has 44 heavy (non-hydrogen) atoms. The van der Waals surface area contributed by atoms with Crippen molar-refractivity contribution in [2.45, 2.75) is 37.8 Å². The first-order chi connectivity index (χ1) is 21.6. The van der Waals surface area contributed by atoms with Crippen LogP contribution >= 0.6 is 0 Å². The number of nitrogens with zero attached hydrogens (tertiary/aromatic N) is 1. The number of rotatable bonds is 2. The van der Waals surface area contributed by atoms with Crippen LogP contribution in [0.2, 0.25) is 0 Å². The van der Waals surface area contributed by atoms with Crippen molar-refractivity contribution in [1.82, 2.24) is 10.2 Å². The average molecular weight is 593 g/mol. The van der Waals surface area contributed by atoms with Gasteiger partial charge in [-0.3, -0.25) is 4.90 Å². The lowest BCUT2D eigenvalue weighted by atomic mass is 9.87. The Balaban J connectivity index is 1.33. The average Bonchev–Trinajstić information content (AvgIpc) is 3.52. The first-order valence-corrected chi connectivity index (χ1v) is 15.3. The maximum atomic E-state index is 6.96. The summed E-state index contributed by atoms with van der Waals surface area (Å²) in [4.78, 5) is 2.40. The van der Waals surface area contributed by atoms with Crippen LogP contribution in [0.3, 0.4) is 0 Å². The van der Waals surface area contributed by atoms with Gasteiger partial charge in [0, 0.05) is 24.2 Å². The van der Waals surface area contributed by atoms with Gasteiger partial charge >= 0.3 is 0 Å². The Morgan fingerprint density at radius 1 is 0.750 bits per heavy atom. The molecule has 6 bridgehead atoms. The van der Waals surface area contributed by atoms with Crippen molar-refractivity contribution in [2.24, 2.45) is 0 Å². The molecule has 5 aliphatic heterocycles. The second-order valence-corrected chi connectivity index (χ2v) is 12.0. The van der Waals surface area contributed by atoms with Crippen molar-refractivity contribution >= 4 is 0 Å². The lowest BCUT2D eigenvalue weighted by Crippen LogP contribution is -2.34. The molecule has 8 heteroatoms. The van der Waals surface area contributed by atoms with Crippen molar-refractivity contribution in [2.75, 3.05) is 41.1 Å². The Labute approximate surface area is 257 Å². The van der Waals surface area contributed by atoms with E-state index in [0.29, 0.717) is 34.5 Å². The molecule has 9 rings (SSSR count). The van der Waals surface area contributed by atoms with E-state index in [1.54, 1.807) is 14.2 Å². The van der Waals surface area contributed by atoms with Crippen LogP contribution in [0.1, 0.15) is 45.5 Å². The van der Waals surface area contributed by atoms with Crippen molar-refractivity contribution in [1.29, 1.82) is 0 Å². The normalized spacial score (nSPS) is 20.1. The van der Waals surface area contributed by atoms with Crippen molar-refractivity contribution in [3.8, 4) is 46.0 Å². The first-order valence-electron chi connectivity index (χ1n) is 15.3.